The molecule has 6 N–H and O–H groups in total. The molecule has 29 heavy (non-hydrogen) atoms. The van der Waals surface area contributed by atoms with Crippen LogP contribution in [0.15, 0.2) is 37.4 Å². The lowest BCUT2D eigenvalue weighted by atomic mass is 10.1. The monoisotopic (exact) mass is 427 g/mol. The lowest BCUT2D eigenvalue weighted by molar-refractivity contribution is -0.0504. The van der Waals surface area contributed by atoms with Crippen LogP contribution in [0.2, 0.25) is 0 Å². The van der Waals surface area contributed by atoms with Crippen molar-refractivity contribution in [3.05, 3.63) is 37.4 Å². The van der Waals surface area contributed by atoms with Gasteiger partial charge < -0.3 is 30.5 Å². The predicted molar refractivity (Wildman–Crippen MR) is 95.7 cm³/mol. The Morgan fingerprint density at radius 2 is 1.86 bits per heavy atom. The third-order valence-electron chi connectivity index (χ3n) is 3.88. The van der Waals surface area contributed by atoms with Gasteiger partial charge in [0.25, 0.3) is 0 Å². The fraction of sp³-hybridized carbons (Fsp3) is 0.357. The van der Waals surface area contributed by atoms with Crippen LogP contribution in [-0.2, 0) is 13.8 Å². The van der Waals surface area contributed by atoms with E-state index in [9.17, 15) is 14.8 Å². The molecule has 0 radical (unpaired) electrons. The molecule has 1 aliphatic rings. The molecule has 4 heterocycles. The highest BCUT2D eigenvalue weighted by atomic mass is 31.2. The lowest BCUT2D eigenvalue weighted by Gasteiger charge is -2.16. The van der Waals surface area contributed by atoms with E-state index in [2.05, 4.69) is 29.4 Å². The summed E-state index contributed by atoms with van der Waals surface area (Å²) in [6.07, 6.45) is 2.39. The zero-order valence-electron chi connectivity index (χ0n) is 14.7. The normalized spacial score (nSPS) is 24.3. The van der Waals surface area contributed by atoms with Crippen LogP contribution in [0.4, 0.5) is 5.82 Å². The number of phosphoric acid groups is 1. The van der Waals surface area contributed by atoms with Crippen LogP contribution >= 0.6 is 7.82 Å². The number of phosphoric ester groups is 1. The smallest absolute Gasteiger partial charge is 0.387 e. The zero-order valence-corrected chi connectivity index (χ0v) is 15.6. The van der Waals surface area contributed by atoms with Crippen LogP contribution in [-0.4, -0.2) is 74.4 Å². The Morgan fingerprint density at radius 1 is 1.14 bits per heavy atom. The van der Waals surface area contributed by atoms with Crippen molar-refractivity contribution >= 4 is 24.8 Å². The average molecular weight is 427 g/mol. The van der Waals surface area contributed by atoms with Crippen molar-refractivity contribution in [1.29, 1.82) is 0 Å². The van der Waals surface area contributed by atoms with Gasteiger partial charge in [0.2, 0.25) is 0 Å². The summed E-state index contributed by atoms with van der Waals surface area (Å²) in [5.41, 5.74) is 6.25. The molecule has 0 unspecified atom stereocenters. The van der Waals surface area contributed by atoms with Gasteiger partial charge in [0.05, 0.1) is 12.9 Å². The number of nitrogens with two attached hydrogens (primary N) is 1. The first-order valence-electron chi connectivity index (χ1n) is 8.12. The third-order valence-corrected chi connectivity index (χ3v) is 4.37. The molecule has 0 amide bonds. The first-order valence-corrected chi connectivity index (χ1v) is 9.65. The van der Waals surface area contributed by atoms with E-state index in [4.69, 9.17) is 20.3 Å². The van der Waals surface area contributed by atoms with Gasteiger partial charge in [0, 0.05) is 12.4 Å². The second-order valence-electron chi connectivity index (χ2n) is 5.82. The molecule has 0 saturated carbocycles. The average Bonchev–Trinajstić information content (AvgIpc) is 3.24. The van der Waals surface area contributed by atoms with Crippen LogP contribution in [0, 0.1) is 0 Å². The number of hydrogen-bond donors (Lipinski definition) is 5. The highest BCUT2D eigenvalue weighted by Crippen LogP contribution is 2.38. The standard InChI is InChI=1S/C10H14N5O7P.C4H4N2/c11-8-5-9(13-2-12-8)15(3-14-5)10-7(17)6(16)4(22-10)1-21-23(18,19)20;1-2-5-4-6-3-1/h2-4,6-7,10,16-17H,1H2,(H2,11,12,13)(H2,18,19,20);1-4H/t4-,6-,7-,10-;/m1./s1. The molecule has 0 bridgehead atoms. The number of fused-ring (bicyclic) bond motifs is 1. The highest BCUT2D eigenvalue weighted by molar-refractivity contribution is 7.46. The Balaban J connectivity index is 0.000000343. The van der Waals surface area contributed by atoms with Crippen molar-refractivity contribution in [2.75, 3.05) is 12.3 Å². The number of nitrogen functional groups attached to an aromatic ring is 1. The number of nitrogens with zero attached hydrogens (tertiary/aromatic N) is 6. The van der Waals surface area contributed by atoms with Gasteiger partial charge in [0.1, 0.15) is 36.5 Å². The molecule has 1 saturated heterocycles. The fourth-order valence-electron chi connectivity index (χ4n) is 2.58. The first-order chi connectivity index (χ1) is 13.8. The molecule has 1 fully saturated rings. The van der Waals surface area contributed by atoms with Gasteiger partial charge in [-0.25, -0.2) is 29.5 Å². The van der Waals surface area contributed by atoms with E-state index < -0.39 is 39.0 Å². The largest absolute Gasteiger partial charge is 0.469 e. The summed E-state index contributed by atoms with van der Waals surface area (Å²) in [7, 11) is -4.72. The van der Waals surface area contributed by atoms with E-state index in [0.29, 0.717) is 5.52 Å². The summed E-state index contributed by atoms with van der Waals surface area (Å²) >= 11 is 0. The summed E-state index contributed by atoms with van der Waals surface area (Å²) in [6.45, 7) is -0.594. The molecule has 0 aromatic carbocycles. The highest BCUT2D eigenvalue weighted by Gasteiger charge is 2.45. The number of anilines is 1. The summed E-state index contributed by atoms with van der Waals surface area (Å²) in [5, 5.41) is 20.1. The zero-order chi connectivity index (χ0) is 21.0. The van der Waals surface area contributed by atoms with Crippen molar-refractivity contribution in [3.63, 3.8) is 0 Å². The maximum Gasteiger partial charge on any atom is 0.469 e. The Hall–Kier alpha value is -2.58. The Morgan fingerprint density at radius 3 is 2.45 bits per heavy atom. The van der Waals surface area contributed by atoms with Crippen molar-refractivity contribution in [2.45, 2.75) is 24.5 Å². The van der Waals surface area contributed by atoms with Crippen molar-refractivity contribution < 1.29 is 33.8 Å². The molecular formula is C14H18N7O7P. The topological polar surface area (TPSA) is 212 Å². The third kappa shape index (κ3) is 5.07. The van der Waals surface area contributed by atoms with E-state index in [1.807, 2.05) is 0 Å². The van der Waals surface area contributed by atoms with Crippen molar-refractivity contribution in [2.24, 2.45) is 0 Å². The number of aromatic nitrogens is 6. The van der Waals surface area contributed by atoms with Crippen molar-refractivity contribution in [1.82, 2.24) is 29.5 Å². The van der Waals surface area contributed by atoms with Gasteiger partial charge in [-0.1, -0.05) is 0 Å². The summed E-state index contributed by atoms with van der Waals surface area (Å²) in [5.74, 6) is 0.142. The van der Waals surface area contributed by atoms with Gasteiger partial charge in [-0.3, -0.25) is 9.09 Å². The number of aliphatic hydroxyl groups is 2. The van der Waals surface area contributed by atoms with Gasteiger partial charge in [-0.2, -0.15) is 0 Å². The first kappa shape index (κ1) is 21.1. The Bertz CT molecular complexity index is 958. The molecule has 15 heteroatoms. The van der Waals surface area contributed by atoms with E-state index in [-0.39, 0.29) is 11.5 Å². The minimum atomic E-state index is -4.72. The molecule has 3 aromatic heterocycles. The summed E-state index contributed by atoms with van der Waals surface area (Å²) < 4.78 is 21.8. The number of aliphatic hydroxyl groups excluding tert-OH is 2. The number of ether oxygens (including phenoxy) is 1. The van der Waals surface area contributed by atoms with Gasteiger partial charge in [0.15, 0.2) is 17.7 Å². The summed E-state index contributed by atoms with van der Waals surface area (Å²) in [4.78, 5) is 36.5. The Labute approximate surface area is 163 Å². The van der Waals surface area contributed by atoms with Crippen LogP contribution in [0.5, 0.6) is 0 Å². The minimum absolute atomic E-state index is 0.142. The van der Waals surface area contributed by atoms with Gasteiger partial charge in [-0.15, -0.1) is 0 Å². The lowest BCUT2D eigenvalue weighted by Crippen LogP contribution is -2.33. The molecule has 156 valence electrons. The second-order valence-corrected chi connectivity index (χ2v) is 7.06. The van der Waals surface area contributed by atoms with Crippen LogP contribution < -0.4 is 5.73 Å². The molecule has 0 spiro atoms. The molecule has 4 rings (SSSR count). The van der Waals surface area contributed by atoms with Crippen molar-refractivity contribution in [3.8, 4) is 0 Å². The molecule has 4 atom stereocenters. The second kappa shape index (κ2) is 8.84. The quantitative estimate of drug-likeness (QED) is 0.304. The van der Waals surface area contributed by atoms with Crippen LogP contribution in [0.25, 0.3) is 11.2 Å². The SMILES string of the molecule is Nc1ncnc2c1ncn2[C@@H]1O[C@H](COP(=O)(O)O)[C@@H](O)[C@H]1O.c1cncnc1. The van der Waals surface area contributed by atoms with Gasteiger partial charge >= 0.3 is 7.82 Å². The fourth-order valence-corrected chi connectivity index (χ4v) is 2.92. The van der Waals surface area contributed by atoms with E-state index in [1.54, 1.807) is 18.5 Å². The minimum Gasteiger partial charge on any atom is -0.387 e. The van der Waals surface area contributed by atoms with Crippen LogP contribution in [0.1, 0.15) is 6.23 Å². The predicted octanol–water partition coefficient (Wildman–Crippen LogP) is -1.39. The molecule has 0 aliphatic carbocycles. The maximum absolute atomic E-state index is 10.7. The number of rotatable bonds is 4. The van der Waals surface area contributed by atoms with Crippen LogP contribution in [0.3, 0.4) is 0 Å². The number of imidazole rings is 1. The summed E-state index contributed by atoms with van der Waals surface area (Å²) in [6, 6.07) is 1.78. The van der Waals surface area contributed by atoms with E-state index >= 15 is 0 Å². The molecule has 3 aromatic rings. The Kier molecular flexibility index (Phi) is 6.44. The molecular weight excluding hydrogens is 409 g/mol. The van der Waals surface area contributed by atoms with Gasteiger partial charge in [-0.05, 0) is 6.07 Å². The number of hydrogen-bond acceptors (Lipinski definition) is 11. The molecule has 14 nitrogen and oxygen atoms in total. The van der Waals surface area contributed by atoms with E-state index in [1.165, 1.54) is 23.5 Å². The van der Waals surface area contributed by atoms with E-state index in [0.717, 1.165) is 0 Å². The maximum atomic E-state index is 10.7. The molecule has 1 aliphatic heterocycles.